The molecular weight excluding hydrogens is 1030 g/mol. The number of fused-ring (bicyclic) bond motifs is 2. The van der Waals surface area contributed by atoms with Crippen LogP contribution in [-0.2, 0) is 51.2 Å². The summed E-state index contributed by atoms with van der Waals surface area (Å²) >= 11 is 0. The lowest BCUT2D eigenvalue weighted by Gasteiger charge is -2.34. The van der Waals surface area contributed by atoms with Gasteiger partial charge in [-0.05, 0) is 98.6 Å². The summed E-state index contributed by atoms with van der Waals surface area (Å²) in [7, 11) is 6.81. The number of methoxy groups -OCH3 is 2. The van der Waals surface area contributed by atoms with Gasteiger partial charge in [-0.25, -0.2) is 0 Å². The molecule has 4 aliphatic heterocycles. The quantitative estimate of drug-likeness (QED) is 0.0513. The summed E-state index contributed by atoms with van der Waals surface area (Å²) < 4.78 is 10.6. The first-order chi connectivity index (χ1) is 37.6. The van der Waals surface area contributed by atoms with E-state index in [9.17, 15) is 38.4 Å². The Labute approximate surface area is 469 Å². The summed E-state index contributed by atoms with van der Waals surface area (Å²) in [4.78, 5) is 115. The van der Waals surface area contributed by atoms with Crippen molar-refractivity contribution in [1.29, 1.82) is 0 Å². The molecule has 6 N–H and O–H groups in total. The van der Waals surface area contributed by atoms with Crippen molar-refractivity contribution in [3.63, 3.8) is 0 Å². The van der Waals surface area contributed by atoms with Gasteiger partial charge in [-0.3, -0.25) is 38.4 Å². The average Bonchev–Trinajstić information content (AvgIpc) is 4.17. The summed E-state index contributed by atoms with van der Waals surface area (Å²) in [5.74, 6) is -0.0755. The van der Waals surface area contributed by atoms with E-state index in [1.807, 2.05) is 73.5 Å². The number of rotatable bonds is 25. The number of carbonyl (C=O) groups is 8. The molecule has 0 spiro atoms. The van der Waals surface area contributed by atoms with Crippen LogP contribution in [0.1, 0.15) is 142 Å². The number of ether oxygens (including phenoxy) is 2. The molecule has 4 saturated heterocycles. The number of hydrogen-bond donors (Lipinski definition) is 6. The normalized spacial score (nSPS) is 25.3. The SMILES string of the molecule is CC[C@H](C)[C@@H]1NC(=O)[C@@H](Cc2ccc(OC)cc2)NC(=O)[C@H](CCCCCCSSCCCCCC[C@@H]2NC(=O)[C@H]3CCCN3C(=O)[C@H]([C@@H](C)CC)NC(=O)[C@@H](Cc3ccc(OC)cc3)NC2=O)NC(=O)[C@H]2CCCN2C1=O. The Morgan fingerprint density at radius 3 is 1.18 bits per heavy atom. The first-order valence-corrected chi connectivity index (χ1v) is 31.1. The molecule has 0 saturated carbocycles. The van der Waals surface area contributed by atoms with Crippen molar-refractivity contribution in [3.8, 4) is 11.5 Å². The molecule has 0 bridgehead atoms. The van der Waals surface area contributed by atoms with Crippen LogP contribution in [-0.4, -0.2) is 144 Å². The third-order valence-electron chi connectivity index (χ3n) is 16.0. The second kappa shape index (κ2) is 31.3. The lowest BCUT2D eigenvalue weighted by Crippen LogP contribution is -2.62. The second-order valence-corrected chi connectivity index (χ2v) is 24.2. The van der Waals surface area contributed by atoms with E-state index in [-0.39, 0.29) is 48.3 Å². The van der Waals surface area contributed by atoms with Crippen LogP contribution in [0.2, 0.25) is 0 Å². The topological polar surface area (TPSA) is 234 Å². The number of hydrogen-bond acceptors (Lipinski definition) is 12. The molecule has 4 aliphatic rings. The van der Waals surface area contributed by atoms with Crippen LogP contribution in [0.5, 0.6) is 11.5 Å². The van der Waals surface area contributed by atoms with Gasteiger partial charge in [0.2, 0.25) is 47.3 Å². The lowest BCUT2D eigenvalue weighted by atomic mass is 9.95. The first kappa shape index (κ1) is 61.7. The van der Waals surface area contributed by atoms with Gasteiger partial charge >= 0.3 is 0 Å². The van der Waals surface area contributed by atoms with Gasteiger partial charge in [0.15, 0.2) is 0 Å². The van der Waals surface area contributed by atoms with Crippen molar-refractivity contribution in [1.82, 2.24) is 41.7 Å². The lowest BCUT2D eigenvalue weighted by molar-refractivity contribution is -0.144. The van der Waals surface area contributed by atoms with Crippen LogP contribution in [0.4, 0.5) is 0 Å². The minimum Gasteiger partial charge on any atom is -0.497 e. The van der Waals surface area contributed by atoms with Gasteiger partial charge in [-0.1, -0.05) is 125 Å². The Morgan fingerprint density at radius 2 is 0.821 bits per heavy atom. The highest BCUT2D eigenvalue weighted by Gasteiger charge is 2.44. The Bertz CT molecular complexity index is 2170. The van der Waals surface area contributed by atoms with Crippen LogP contribution < -0.4 is 41.4 Å². The molecule has 0 radical (unpaired) electrons. The van der Waals surface area contributed by atoms with Gasteiger partial charge in [0.1, 0.15) is 59.8 Å². The highest BCUT2D eigenvalue weighted by molar-refractivity contribution is 8.76. The zero-order chi connectivity index (χ0) is 56.1. The molecule has 430 valence electrons. The average molecular weight is 1120 g/mol. The van der Waals surface area contributed by atoms with Crippen molar-refractivity contribution in [2.75, 3.05) is 38.8 Å². The molecule has 6 rings (SSSR count). The van der Waals surface area contributed by atoms with E-state index < -0.39 is 72.0 Å². The third-order valence-corrected chi connectivity index (χ3v) is 18.6. The van der Waals surface area contributed by atoms with Crippen LogP contribution in [0.15, 0.2) is 48.5 Å². The smallest absolute Gasteiger partial charge is 0.246 e. The highest BCUT2D eigenvalue weighted by Crippen LogP contribution is 2.27. The maximum atomic E-state index is 14.1. The van der Waals surface area contributed by atoms with E-state index in [2.05, 4.69) is 31.9 Å². The predicted molar refractivity (Wildman–Crippen MR) is 304 cm³/mol. The number of benzene rings is 2. The second-order valence-electron chi connectivity index (χ2n) is 21.5. The number of unbranched alkanes of at least 4 members (excludes halogenated alkanes) is 6. The minimum absolute atomic E-state index is 0.189. The monoisotopic (exact) mass is 1120 g/mol. The molecule has 10 atom stereocenters. The van der Waals surface area contributed by atoms with Gasteiger partial charge in [-0.15, -0.1) is 0 Å². The molecule has 20 heteroatoms. The zero-order valence-corrected chi connectivity index (χ0v) is 48.4. The molecule has 2 aromatic carbocycles. The van der Waals surface area contributed by atoms with Crippen molar-refractivity contribution in [3.05, 3.63) is 59.7 Å². The minimum atomic E-state index is -0.978. The van der Waals surface area contributed by atoms with Crippen molar-refractivity contribution < 1.29 is 47.8 Å². The Kier molecular flexibility index (Phi) is 24.8. The van der Waals surface area contributed by atoms with Crippen molar-refractivity contribution in [2.24, 2.45) is 11.8 Å². The molecule has 78 heavy (non-hydrogen) atoms. The van der Waals surface area contributed by atoms with Gasteiger partial charge in [0, 0.05) is 37.4 Å². The molecular formula is C58H86N8O10S2. The Hall–Kier alpha value is -5.50. The Morgan fingerprint density at radius 1 is 0.474 bits per heavy atom. The van der Waals surface area contributed by atoms with Gasteiger partial charge in [0.05, 0.1) is 14.2 Å². The summed E-state index contributed by atoms with van der Waals surface area (Å²) in [6.45, 7) is 8.56. The van der Waals surface area contributed by atoms with Crippen LogP contribution in [0.25, 0.3) is 0 Å². The third kappa shape index (κ3) is 17.5. The summed E-state index contributed by atoms with van der Waals surface area (Å²) in [5, 5.41) is 17.8. The summed E-state index contributed by atoms with van der Waals surface area (Å²) in [6, 6.07) is 7.78. The zero-order valence-electron chi connectivity index (χ0n) is 46.7. The number of nitrogens with zero attached hydrogens (tertiary/aromatic N) is 2. The maximum Gasteiger partial charge on any atom is 0.246 e. The van der Waals surface area contributed by atoms with Crippen LogP contribution in [0, 0.1) is 11.8 Å². The van der Waals surface area contributed by atoms with Gasteiger partial charge in [-0.2, -0.15) is 0 Å². The fourth-order valence-corrected chi connectivity index (χ4v) is 13.0. The molecule has 4 fully saturated rings. The van der Waals surface area contributed by atoms with Crippen LogP contribution in [0.3, 0.4) is 0 Å². The predicted octanol–water partition coefficient (Wildman–Crippen LogP) is 5.78. The molecule has 4 heterocycles. The summed E-state index contributed by atoms with van der Waals surface area (Å²) in [5.41, 5.74) is 1.61. The van der Waals surface area contributed by atoms with E-state index in [0.29, 0.717) is 88.8 Å². The number of nitrogens with one attached hydrogen (secondary N) is 6. The fraction of sp³-hybridized carbons (Fsp3) is 0.655. The van der Waals surface area contributed by atoms with Crippen molar-refractivity contribution in [2.45, 2.75) is 192 Å². The largest absolute Gasteiger partial charge is 0.497 e. The maximum absolute atomic E-state index is 14.1. The molecule has 18 nitrogen and oxygen atoms in total. The summed E-state index contributed by atoms with van der Waals surface area (Å²) in [6.07, 6.45) is 11.7. The van der Waals surface area contributed by atoms with E-state index >= 15 is 0 Å². The number of carbonyl (C=O) groups excluding carboxylic acids is 8. The number of amides is 8. The molecule has 0 aromatic heterocycles. The standard InChI is InChI=1S/C58H86N8O10S2/c1-7-37(3)49-57(73)65-31-17-21-47(65)55(71)59-43(51(67)61-45(53(69)63-49)35-39-23-27-41(75-5)28-24-39)19-13-9-11-15-33-77-78-34-16-12-10-14-20-44-52(68)62-46(36-40-25-29-42(76-6)30-26-40)54(70)64-50(38(4)8-2)58(74)66-32-18-22-48(66)56(72)60-44/h23-30,37-38,43-50H,7-22,31-36H2,1-6H3,(H,59,71)(H,60,72)(H,61,67)(H,62,68)(H,63,69)(H,64,70)/t37-,38-,43-,44-,45+,46+,47+,48+,49-,50-/m0/s1. The Balaban J connectivity index is 0.944. The van der Waals surface area contributed by atoms with E-state index in [0.717, 1.165) is 61.2 Å². The highest BCUT2D eigenvalue weighted by atomic mass is 33.1. The molecule has 8 amide bonds. The van der Waals surface area contributed by atoms with Crippen molar-refractivity contribution >= 4 is 68.8 Å². The van der Waals surface area contributed by atoms with E-state index in [4.69, 9.17) is 9.47 Å². The fourth-order valence-electron chi connectivity index (χ4n) is 10.7. The molecule has 0 aliphatic carbocycles. The molecule has 2 aromatic rings. The van der Waals surface area contributed by atoms with E-state index in [1.165, 1.54) is 0 Å². The van der Waals surface area contributed by atoms with Gasteiger partial charge in [0.25, 0.3) is 0 Å². The van der Waals surface area contributed by atoms with E-state index in [1.54, 1.807) is 48.3 Å². The first-order valence-electron chi connectivity index (χ1n) is 28.6. The molecule has 0 unspecified atom stereocenters. The van der Waals surface area contributed by atoms with Crippen LogP contribution >= 0.6 is 21.6 Å². The van der Waals surface area contributed by atoms with Gasteiger partial charge < -0.3 is 51.2 Å².